The van der Waals surface area contributed by atoms with Crippen molar-refractivity contribution >= 4 is 32.7 Å². The fourth-order valence-corrected chi connectivity index (χ4v) is 3.38. The fourth-order valence-electron chi connectivity index (χ4n) is 3.02. The van der Waals surface area contributed by atoms with Crippen LogP contribution in [0.25, 0.3) is 10.9 Å². The Bertz CT molecular complexity index is 674. The van der Waals surface area contributed by atoms with Gasteiger partial charge < -0.3 is 15.3 Å². The van der Waals surface area contributed by atoms with Crippen LogP contribution in [0.15, 0.2) is 28.7 Å². The number of piperidine rings is 1. The summed E-state index contributed by atoms with van der Waals surface area (Å²) >= 11 is 3.20. The summed E-state index contributed by atoms with van der Waals surface area (Å²) < 4.78 is 14.1. The van der Waals surface area contributed by atoms with Crippen LogP contribution >= 0.6 is 15.9 Å². The molecule has 0 atom stereocenters. The molecule has 6 heteroatoms. The van der Waals surface area contributed by atoms with Gasteiger partial charge in [0.25, 0.3) is 0 Å². The number of nitrogens with one attached hydrogen (secondary N) is 1. The Morgan fingerprint density at radius 1 is 1.30 bits per heavy atom. The third-order valence-corrected chi connectivity index (χ3v) is 5.03. The maximum Gasteiger partial charge on any atom is 0.139 e. The number of fused-ring (bicyclic) bond motifs is 1. The van der Waals surface area contributed by atoms with Gasteiger partial charge in [0, 0.05) is 24.5 Å². The highest BCUT2D eigenvalue weighted by molar-refractivity contribution is 9.10. The molecule has 0 bridgehead atoms. The van der Waals surface area contributed by atoms with E-state index in [-0.39, 0.29) is 12.4 Å². The Balaban J connectivity index is 1.58. The van der Waals surface area contributed by atoms with E-state index < -0.39 is 0 Å². The lowest BCUT2D eigenvalue weighted by molar-refractivity contribution is 0.151. The molecule has 0 spiro atoms. The van der Waals surface area contributed by atoms with E-state index in [0.717, 1.165) is 50.2 Å². The Labute approximate surface area is 143 Å². The molecule has 0 amide bonds. The van der Waals surface area contributed by atoms with Crippen LogP contribution in [0, 0.1) is 11.7 Å². The summed E-state index contributed by atoms with van der Waals surface area (Å²) in [5.41, 5.74) is 0.661. The number of aliphatic hydroxyl groups excluding tert-OH is 1. The van der Waals surface area contributed by atoms with E-state index in [9.17, 15) is 4.39 Å². The molecule has 2 heterocycles. The van der Waals surface area contributed by atoms with Gasteiger partial charge in [-0.2, -0.15) is 0 Å². The molecule has 0 aliphatic carbocycles. The highest BCUT2D eigenvalue weighted by Crippen LogP contribution is 2.24. The van der Waals surface area contributed by atoms with E-state index in [1.165, 1.54) is 6.07 Å². The number of halogens is 2. The average Bonchev–Trinajstić information content (AvgIpc) is 2.56. The second kappa shape index (κ2) is 7.55. The topological polar surface area (TPSA) is 48.4 Å². The predicted molar refractivity (Wildman–Crippen MR) is 94.1 cm³/mol. The van der Waals surface area contributed by atoms with Crippen molar-refractivity contribution in [3.63, 3.8) is 0 Å². The molecule has 0 unspecified atom stereocenters. The average molecular weight is 382 g/mol. The molecule has 1 saturated heterocycles. The molecule has 1 aromatic heterocycles. The summed E-state index contributed by atoms with van der Waals surface area (Å²) in [5, 5.41) is 13.3. The van der Waals surface area contributed by atoms with Gasteiger partial charge in [0.1, 0.15) is 11.6 Å². The molecule has 2 N–H and O–H groups in total. The van der Waals surface area contributed by atoms with Crippen LogP contribution in [0.2, 0.25) is 0 Å². The zero-order chi connectivity index (χ0) is 16.2. The number of hydrogen-bond donors (Lipinski definition) is 2. The second-order valence-corrected chi connectivity index (χ2v) is 6.90. The zero-order valence-corrected chi connectivity index (χ0v) is 14.5. The fraction of sp³-hybridized carbons (Fsp3) is 0.471. The number of aromatic nitrogens is 1. The van der Waals surface area contributed by atoms with Crippen molar-refractivity contribution in [1.29, 1.82) is 0 Å². The van der Waals surface area contributed by atoms with Gasteiger partial charge in [-0.25, -0.2) is 9.37 Å². The summed E-state index contributed by atoms with van der Waals surface area (Å²) in [6.45, 7) is 3.96. The minimum atomic E-state index is -0.293. The lowest BCUT2D eigenvalue weighted by Crippen LogP contribution is -2.37. The van der Waals surface area contributed by atoms with Crippen molar-refractivity contribution in [3.05, 3.63) is 34.6 Å². The van der Waals surface area contributed by atoms with Crippen molar-refractivity contribution in [2.75, 3.05) is 38.1 Å². The van der Waals surface area contributed by atoms with E-state index in [2.05, 4.69) is 31.1 Å². The predicted octanol–water partition coefficient (Wildman–Crippen LogP) is 3.25. The van der Waals surface area contributed by atoms with E-state index in [1.54, 1.807) is 6.07 Å². The Morgan fingerprint density at radius 3 is 2.83 bits per heavy atom. The van der Waals surface area contributed by atoms with Crippen molar-refractivity contribution in [1.82, 2.24) is 9.88 Å². The number of anilines is 1. The Kier molecular flexibility index (Phi) is 5.46. The Hall–Kier alpha value is -1.24. The lowest BCUT2D eigenvalue weighted by Gasteiger charge is -2.31. The standard InChI is InChI=1S/C17H21BrFN3O/c18-14-9-13-1-2-17(21-16(13)10-15(14)19)20-11-12-3-5-22(6-4-12)7-8-23/h1-2,9-10,12,23H,3-8,11H2,(H,20,21). The summed E-state index contributed by atoms with van der Waals surface area (Å²) in [5.74, 6) is 1.11. The van der Waals surface area contributed by atoms with E-state index >= 15 is 0 Å². The van der Waals surface area contributed by atoms with Gasteiger partial charge in [0.2, 0.25) is 0 Å². The quantitative estimate of drug-likeness (QED) is 0.834. The smallest absolute Gasteiger partial charge is 0.139 e. The normalized spacial score (nSPS) is 16.8. The maximum atomic E-state index is 13.6. The first-order chi connectivity index (χ1) is 11.2. The van der Waals surface area contributed by atoms with Gasteiger partial charge in [0.05, 0.1) is 16.6 Å². The van der Waals surface area contributed by atoms with Crippen molar-refractivity contribution in [2.45, 2.75) is 12.8 Å². The summed E-state index contributed by atoms with van der Waals surface area (Å²) in [7, 11) is 0. The summed E-state index contributed by atoms with van der Waals surface area (Å²) in [6, 6.07) is 7.10. The van der Waals surface area contributed by atoms with Gasteiger partial charge in [-0.15, -0.1) is 0 Å². The van der Waals surface area contributed by atoms with Crippen molar-refractivity contribution in [3.8, 4) is 0 Å². The van der Waals surface area contributed by atoms with Crippen LogP contribution in [-0.2, 0) is 0 Å². The number of β-amino-alcohol motifs (C(OH)–C–C–N with tert-alkyl or cyclic N) is 1. The van der Waals surface area contributed by atoms with Crippen LogP contribution in [0.1, 0.15) is 12.8 Å². The number of rotatable bonds is 5. The molecule has 1 aliphatic heterocycles. The highest BCUT2D eigenvalue weighted by Gasteiger charge is 2.18. The van der Waals surface area contributed by atoms with Crippen molar-refractivity contribution in [2.24, 2.45) is 5.92 Å². The number of benzene rings is 1. The lowest BCUT2D eigenvalue weighted by atomic mass is 9.97. The second-order valence-electron chi connectivity index (χ2n) is 6.05. The summed E-state index contributed by atoms with van der Waals surface area (Å²) in [6.07, 6.45) is 2.25. The molecular formula is C17H21BrFN3O. The van der Waals surface area contributed by atoms with E-state index in [0.29, 0.717) is 15.9 Å². The summed E-state index contributed by atoms with van der Waals surface area (Å²) in [4.78, 5) is 6.79. The highest BCUT2D eigenvalue weighted by atomic mass is 79.9. The number of hydrogen-bond acceptors (Lipinski definition) is 4. The first-order valence-corrected chi connectivity index (χ1v) is 8.78. The van der Waals surface area contributed by atoms with Crippen LogP contribution in [0.3, 0.4) is 0 Å². The van der Waals surface area contributed by atoms with Crippen molar-refractivity contribution < 1.29 is 9.50 Å². The molecule has 1 fully saturated rings. The Morgan fingerprint density at radius 2 is 2.09 bits per heavy atom. The van der Waals surface area contributed by atoms with Crippen LogP contribution in [0.4, 0.5) is 10.2 Å². The number of nitrogens with zero attached hydrogens (tertiary/aromatic N) is 2. The first kappa shape index (κ1) is 16.6. The molecule has 2 aromatic rings. The minimum Gasteiger partial charge on any atom is -0.395 e. The van der Waals surface area contributed by atoms with Gasteiger partial charge in [0.15, 0.2) is 0 Å². The molecule has 23 heavy (non-hydrogen) atoms. The minimum absolute atomic E-state index is 0.233. The molecule has 3 rings (SSSR count). The van der Waals surface area contributed by atoms with E-state index in [1.807, 2.05) is 12.1 Å². The zero-order valence-electron chi connectivity index (χ0n) is 12.9. The third-order valence-electron chi connectivity index (χ3n) is 4.43. The molecule has 1 aliphatic rings. The maximum absolute atomic E-state index is 13.6. The third kappa shape index (κ3) is 4.19. The van der Waals surface area contributed by atoms with Gasteiger partial charge in [-0.3, -0.25) is 0 Å². The molecule has 0 radical (unpaired) electrons. The van der Waals surface area contributed by atoms with Gasteiger partial charge in [-0.1, -0.05) is 0 Å². The van der Waals surface area contributed by atoms with Crippen LogP contribution < -0.4 is 5.32 Å². The van der Waals surface area contributed by atoms with Crippen LogP contribution in [-0.4, -0.2) is 47.8 Å². The molecule has 124 valence electrons. The molecule has 4 nitrogen and oxygen atoms in total. The molecular weight excluding hydrogens is 361 g/mol. The van der Waals surface area contributed by atoms with Gasteiger partial charge in [-0.05, 0) is 66.0 Å². The number of likely N-dealkylation sites (tertiary alicyclic amines) is 1. The largest absolute Gasteiger partial charge is 0.395 e. The molecule has 0 saturated carbocycles. The van der Waals surface area contributed by atoms with Crippen LogP contribution in [0.5, 0.6) is 0 Å². The number of pyridine rings is 1. The first-order valence-electron chi connectivity index (χ1n) is 7.98. The monoisotopic (exact) mass is 381 g/mol. The number of aliphatic hydroxyl groups is 1. The van der Waals surface area contributed by atoms with Gasteiger partial charge >= 0.3 is 0 Å². The molecule has 1 aromatic carbocycles. The van der Waals surface area contributed by atoms with E-state index in [4.69, 9.17) is 5.11 Å². The SMILES string of the molecule is OCCN1CCC(CNc2ccc3cc(Br)c(F)cc3n2)CC1.